The molecule has 0 amide bonds. The molecule has 1 aromatic heterocycles. The third kappa shape index (κ3) is 3.89. The fourth-order valence-electron chi connectivity index (χ4n) is 2.36. The molecule has 24 heavy (non-hydrogen) atoms. The van der Waals surface area contributed by atoms with Crippen LogP contribution in [0.25, 0.3) is 0 Å². The Labute approximate surface area is 149 Å². The van der Waals surface area contributed by atoms with Crippen molar-refractivity contribution in [2.45, 2.75) is 20.3 Å². The van der Waals surface area contributed by atoms with Gasteiger partial charge in [-0.05, 0) is 48.7 Å². The van der Waals surface area contributed by atoms with E-state index in [1.165, 1.54) is 5.56 Å². The molecule has 0 bridgehead atoms. The number of benzene rings is 2. The summed E-state index contributed by atoms with van der Waals surface area (Å²) < 4.78 is 1.08. The highest BCUT2D eigenvalue weighted by atomic mass is 79.9. The first-order valence-electron chi connectivity index (χ1n) is 7.73. The van der Waals surface area contributed by atoms with Crippen molar-refractivity contribution in [3.63, 3.8) is 0 Å². The molecule has 122 valence electrons. The van der Waals surface area contributed by atoms with E-state index in [2.05, 4.69) is 54.7 Å². The smallest absolute Gasteiger partial charge is 0.249 e. The normalized spacial score (nSPS) is 10.5. The molecule has 3 rings (SSSR count). The number of hydrogen-bond acceptors (Lipinski definition) is 5. The summed E-state index contributed by atoms with van der Waals surface area (Å²) in [5.74, 6) is 1.11. The molecule has 0 aliphatic heterocycles. The Kier molecular flexibility index (Phi) is 5.05. The minimum Gasteiger partial charge on any atom is -0.339 e. The number of halogens is 1. The lowest BCUT2D eigenvalue weighted by atomic mass is 10.1. The van der Waals surface area contributed by atoms with Gasteiger partial charge in [-0.1, -0.05) is 41.1 Å². The first-order chi connectivity index (χ1) is 11.7. The summed E-state index contributed by atoms with van der Waals surface area (Å²) in [7, 11) is 0. The van der Waals surface area contributed by atoms with Crippen molar-refractivity contribution in [3.05, 3.63) is 64.3 Å². The van der Waals surface area contributed by atoms with Crippen molar-refractivity contribution in [2.75, 3.05) is 10.6 Å². The van der Waals surface area contributed by atoms with Crippen molar-refractivity contribution in [1.82, 2.24) is 15.2 Å². The number of rotatable bonds is 5. The van der Waals surface area contributed by atoms with E-state index >= 15 is 0 Å². The molecular formula is C18H18BrN5. The second-order valence-corrected chi connectivity index (χ2v) is 6.24. The predicted octanol–water partition coefficient (Wildman–Crippen LogP) is 4.99. The van der Waals surface area contributed by atoms with E-state index in [4.69, 9.17) is 0 Å². The Morgan fingerprint density at radius 1 is 1.08 bits per heavy atom. The Balaban J connectivity index is 1.80. The molecule has 6 heteroatoms. The van der Waals surface area contributed by atoms with Gasteiger partial charge >= 0.3 is 0 Å². The van der Waals surface area contributed by atoms with Gasteiger partial charge in [-0.25, -0.2) is 0 Å². The van der Waals surface area contributed by atoms with E-state index in [0.29, 0.717) is 11.8 Å². The van der Waals surface area contributed by atoms with Gasteiger partial charge < -0.3 is 10.6 Å². The number of nitrogens with zero attached hydrogens (tertiary/aromatic N) is 3. The van der Waals surface area contributed by atoms with Crippen LogP contribution in [0, 0.1) is 6.92 Å². The average molecular weight is 384 g/mol. The van der Waals surface area contributed by atoms with Gasteiger partial charge in [-0.2, -0.15) is 10.1 Å². The van der Waals surface area contributed by atoms with Gasteiger partial charge in [0.2, 0.25) is 5.95 Å². The lowest BCUT2D eigenvalue weighted by molar-refractivity contribution is 0.980. The molecule has 5 nitrogen and oxygen atoms in total. The Bertz CT molecular complexity index is 850. The zero-order valence-corrected chi connectivity index (χ0v) is 15.1. The number of hydrogen-bond donors (Lipinski definition) is 2. The molecule has 1 heterocycles. The minimum absolute atomic E-state index is 0.467. The summed E-state index contributed by atoms with van der Waals surface area (Å²) in [6, 6.07) is 14.1. The summed E-state index contributed by atoms with van der Waals surface area (Å²) in [4.78, 5) is 4.48. The van der Waals surface area contributed by atoms with Crippen molar-refractivity contribution >= 4 is 39.1 Å². The van der Waals surface area contributed by atoms with Crippen LogP contribution in [-0.2, 0) is 6.42 Å². The maximum atomic E-state index is 4.48. The quantitative estimate of drug-likeness (QED) is 0.649. The van der Waals surface area contributed by atoms with E-state index in [1.54, 1.807) is 6.20 Å². The van der Waals surface area contributed by atoms with Crippen molar-refractivity contribution in [2.24, 2.45) is 0 Å². The molecule has 2 aromatic carbocycles. The van der Waals surface area contributed by atoms with Gasteiger partial charge in [0.15, 0.2) is 5.82 Å². The highest BCUT2D eigenvalue weighted by molar-refractivity contribution is 9.10. The monoisotopic (exact) mass is 383 g/mol. The molecule has 0 atom stereocenters. The highest BCUT2D eigenvalue weighted by Gasteiger charge is 2.05. The van der Waals surface area contributed by atoms with Gasteiger partial charge in [-0.15, -0.1) is 5.10 Å². The lowest BCUT2D eigenvalue weighted by Gasteiger charge is -2.11. The van der Waals surface area contributed by atoms with Crippen LogP contribution < -0.4 is 10.6 Å². The molecule has 0 unspecified atom stereocenters. The molecule has 0 spiro atoms. The maximum absolute atomic E-state index is 4.48. The highest BCUT2D eigenvalue weighted by Crippen LogP contribution is 2.23. The Morgan fingerprint density at radius 3 is 2.71 bits per heavy atom. The zero-order chi connectivity index (χ0) is 16.9. The SMILES string of the molecule is CCc1ccccc1Nc1nncc(Nc2ccc(Br)c(C)c2)n1. The van der Waals surface area contributed by atoms with Crippen LogP contribution in [-0.4, -0.2) is 15.2 Å². The maximum Gasteiger partial charge on any atom is 0.249 e. The summed E-state index contributed by atoms with van der Waals surface area (Å²) >= 11 is 3.50. The first kappa shape index (κ1) is 16.4. The van der Waals surface area contributed by atoms with E-state index in [0.717, 1.165) is 27.8 Å². The van der Waals surface area contributed by atoms with Gasteiger partial charge in [0.05, 0.1) is 6.20 Å². The molecule has 3 aromatic rings. The summed E-state index contributed by atoms with van der Waals surface area (Å²) in [6.45, 7) is 4.16. The van der Waals surface area contributed by atoms with Crippen molar-refractivity contribution in [1.29, 1.82) is 0 Å². The van der Waals surface area contributed by atoms with Gasteiger partial charge in [0.25, 0.3) is 0 Å². The third-order valence-electron chi connectivity index (χ3n) is 3.63. The molecular weight excluding hydrogens is 366 g/mol. The van der Waals surface area contributed by atoms with E-state index in [-0.39, 0.29) is 0 Å². The second-order valence-electron chi connectivity index (χ2n) is 5.39. The van der Waals surface area contributed by atoms with Crippen LogP contribution in [0.15, 0.2) is 53.1 Å². The number of nitrogens with one attached hydrogen (secondary N) is 2. The topological polar surface area (TPSA) is 62.7 Å². The van der Waals surface area contributed by atoms with Crippen LogP contribution in [0.3, 0.4) is 0 Å². The van der Waals surface area contributed by atoms with Gasteiger partial charge in [0, 0.05) is 15.8 Å². The summed E-state index contributed by atoms with van der Waals surface area (Å²) in [6.07, 6.45) is 2.54. The second kappa shape index (κ2) is 7.40. The van der Waals surface area contributed by atoms with E-state index < -0.39 is 0 Å². The Morgan fingerprint density at radius 2 is 1.92 bits per heavy atom. The van der Waals surface area contributed by atoms with Crippen LogP contribution >= 0.6 is 15.9 Å². The number of anilines is 4. The third-order valence-corrected chi connectivity index (χ3v) is 4.52. The molecule has 0 aliphatic carbocycles. The first-order valence-corrected chi connectivity index (χ1v) is 8.53. The molecule has 2 N–H and O–H groups in total. The number of para-hydroxylation sites is 1. The van der Waals surface area contributed by atoms with E-state index in [1.807, 2.05) is 43.3 Å². The largest absolute Gasteiger partial charge is 0.339 e. The van der Waals surface area contributed by atoms with Crippen LogP contribution in [0.4, 0.5) is 23.1 Å². The molecule has 0 radical (unpaired) electrons. The van der Waals surface area contributed by atoms with Crippen LogP contribution in [0.2, 0.25) is 0 Å². The van der Waals surface area contributed by atoms with Crippen LogP contribution in [0.5, 0.6) is 0 Å². The van der Waals surface area contributed by atoms with Crippen molar-refractivity contribution in [3.8, 4) is 0 Å². The summed E-state index contributed by atoms with van der Waals surface area (Å²) in [5, 5.41) is 14.6. The lowest BCUT2D eigenvalue weighted by Crippen LogP contribution is -2.03. The van der Waals surface area contributed by atoms with Crippen molar-refractivity contribution < 1.29 is 0 Å². The fraction of sp³-hybridized carbons (Fsp3) is 0.167. The minimum atomic E-state index is 0.467. The Hall–Kier alpha value is -2.47. The molecule has 0 saturated heterocycles. The van der Waals surface area contributed by atoms with Crippen LogP contribution in [0.1, 0.15) is 18.1 Å². The summed E-state index contributed by atoms with van der Waals surface area (Å²) in [5.41, 5.74) is 4.31. The fourth-order valence-corrected chi connectivity index (χ4v) is 2.60. The molecule has 0 saturated carbocycles. The van der Waals surface area contributed by atoms with Gasteiger partial charge in [-0.3, -0.25) is 0 Å². The zero-order valence-electron chi connectivity index (χ0n) is 13.5. The number of aromatic nitrogens is 3. The molecule has 0 aliphatic rings. The van der Waals surface area contributed by atoms with E-state index in [9.17, 15) is 0 Å². The molecule has 0 fully saturated rings. The number of aryl methyl sites for hydroxylation is 2. The average Bonchev–Trinajstić information content (AvgIpc) is 2.59. The van der Waals surface area contributed by atoms with Gasteiger partial charge in [0.1, 0.15) is 0 Å². The standard InChI is InChI=1S/C18H18BrN5/c1-3-13-6-4-5-7-16(13)22-18-23-17(11-20-24-18)21-14-8-9-15(19)12(2)10-14/h4-11H,3H2,1-2H3,(H2,21,22,23,24). The predicted molar refractivity (Wildman–Crippen MR) is 101 cm³/mol.